The molecule has 1 aliphatic heterocycles. The van der Waals surface area contributed by atoms with Crippen molar-refractivity contribution < 1.29 is 9.50 Å². The lowest BCUT2D eigenvalue weighted by Crippen LogP contribution is -2.32. The highest BCUT2D eigenvalue weighted by atomic mass is 19.1. The van der Waals surface area contributed by atoms with Crippen molar-refractivity contribution in [3.05, 3.63) is 71.7 Å². The number of aliphatic hydroxyl groups excluding tert-OH is 1. The van der Waals surface area contributed by atoms with Crippen LogP contribution in [0, 0.1) is 19.7 Å². The van der Waals surface area contributed by atoms with Crippen LogP contribution in [0.3, 0.4) is 0 Å². The number of aromatic nitrogens is 3. The van der Waals surface area contributed by atoms with Gasteiger partial charge < -0.3 is 10.0 Å². The quantitative estimate of drug-likeness (QED) is 0.520. The third-order valence-corrected chi connectivity index (χ3v) is 6.11. The Labute approximate surface area is 180 Å². The predicted octanol–water partition coefficient (Wildman–Crippen LogP) is 4.78. The highest BCUT2D eigenvalue weighted by molar-refractivity contribution is 5.83. The summed E-state index contributed by atoms with van der Waals surface area (Å²) in [6.07, 6.45) is 1.96. The largest absolute Gasteiger partial charge is 0.394 e. The SMILES string of the molecule is Cc1ccc(-c2c(C)nn3c(-c4ccc(F)cc4)cc(N4CCCC4CO)nc23)cc1. The zero-order valence-corrected chi connectivity index (χ0v) is 17.7. The van der Waals surface area contributed by atoms with Crippen LogP contribution in [0.2, 0.25) is 0 Å². The molecular formula is C25H25FN4O. The third-order valence-electron chi connectivity index (χ3n) is 6.11. The molecule has 1 fully saturated rings. The van der Waals surface area contributed by atoms with Crippen molar-refractivity contribution >= 4 is 11.5 Å². The van der Waals surface area contributed by atoms with E-state index < -0.39 is 0 Å². The summed E-state index contributed by atoms with van der Waals surface area (Å²) in [5.74, 6) is 0.544. The van der Waals surface area contributed by atoms with Crippen molar-refractivity contribution in [2.75, 3.05) is 18.1 Å². The van der Waals surface area contributed by atoms with Gasteiger partial charge in [-0.25, -0.2) is 13.9 Å². The Morgan fingerprint density at radius 3 is 2.45 bits per heavy atom. The summed E-state index contributed by atoms with van der Waals surface area (Å²) in [7, 11) is 0. The topological polar surface area (TPSA) is 53.7 Å². The van der Waals surface area contributed by atoms with Crippen LogP contribution < -0.4 is 4.90 Å². The van der Waals surface area contributed by atoms with Crippen LogP contribution in [0.25, 0.3) is 28.0 Å². The van der Waals surface area contributed by atoms with Gasteiger partial charge in [0, 0.05) is 23.7 Å². The van der Waals surface area contributed by atoms with E-state index in [0.29, 0.717) is 0 Å². The maximum atomic E-state index is 13.6. The fraction of sp³-hybridized carbons (Fsp3) is 0.280. The van der Waals surface area contributed by atoms with Crippen molar-refractivity contribution in [3.63, 3.8) is 0 Å². The molecule has 0 amide bonds. The van der Waals surface area contributed by atoms with Gasteiger partial charge >= 0.3 is 0 Å². The first-order chi connectivity index (χ1) is 15.0. The van der Waals surface area contributed by atoms with Crippen molar-refractivity contribution in [3.8, 4) is 22.4 Å². The smallest absolute Gasteiger partial charge is 0.166 e. The lowest BCUT2D eigenvalue weighted by atomic mass is 10.0. The molecule has 31 heavy (non-hydrogen) atoms. The van der Waals surface area contributed by atoms with E-state index in [0.717, 1.165) is 58.9 Å². The number of rotatable bonds is 4. The number of nitrogens with zero attached hydrogens (tertiary/aromatic N) is 4. The molecule has 2 aromatic heterocycles. The second-order valence-corrected chi connectivity index (χ2v) is 8.24. The number of fused-ring (bicyclic) bond motifs is 1. The highest BCUT2D eigenvalue weighted by Gasteiger charge is 2.27. The maximum absolute atomic E-state index is 13.6. The number of hydrogen-bond donors (Lipinski definition) is 1. The molecule has 0 aliphatic carbocycles. The van der Waals surface area contributed by atoms with Gasteiger partial charge in [-0.15, -0.1) is 0 Å². The zero-order chi connectivity index (χ0) is 21.5. The molecular weight excluding hydrogens is 391 g/mol. The zero-order valence-electron chi connectivity index (χ0n) is 17.7. The van der Waals surface area contributed by atoms with Crippen LogP contribution in [0.4, 0.5) is 10.2 Å². The summed E-state index contributed by atoms with van der Waals surface area (Å²) >= 11 is 0. The number of aryl methyl sites for hydroxylation is 2. The van der Waals surface area contributed by atoms with E-state index in [1.54, 1.807) is 12.1 Å². The molecule has 1 saturated heterocycles. The van der Waals surface area contributed by atoms with Gasteiger partial charge in [0.1, 0.15) is 11.6 Å². The molecule has 0 spiro atoms. The highest BCUT2D eigenvalue weighted by Crippen LogP contribution is 2.34. The monoisotopic (exact) mass is 416 g/mol. The summed E-state index contributed by atoms with van der Waals surface area (Å²) < 4.78 is 15.4. The van der Waals surface area contributed by atoms with Crippen LogP contribution in [0.15, 0.2) is 54.6 Å². The number of halogens is 1. The first-order valence-electron chi connectivity index (χ1n) is 10.7. The molecule has 158 valence electrons. The van der Waals surface area contributed by atoms with Gasteiger partial charge in [0.25, 0.3) is 0 Å². The van der Waals surface area contributed by atoms with Gasteiger partial charge in [-0.1, -0.05) is 29.8 Å². The fourth-order valence-electron chi connectivity index (χ4n) is 4.47. The normalized spacial score (nSPS) is 16.4. The lowest BCUT2D eigenvalue weighted by molar-refractivity contribution is 0.266. The average molecular weight is 417 g/mol. The van der Waals surface area contributed by atoms with Crippen LogP contribution in [0.1, 0.15) is 24.1 Å². The molecule has 0 bridgehead atoms. The van der Waals surface area contributed by atoms with Crippen molar-refractivity contribution in [2.24, 2.45) is 0 Å². The van der Waals surface area contributed by atoms with E-state index in [9.17, 15) is 9.50 Å². The molecule has 1 aliphatic rings. The molecule has 1 N–H and O–H groups in total. The summed E-state index contributed by atoms with van der Waals surface area (Å²) in [5, 5.41) is 14.7. The van der Waals surface area contributed by atoms with Gasteiger partial charge in [-0.2, -0.15) is 5.10 Å². The third kappa shape index (κ3) is 3.47. The van der Waals surface area contributed by atoms with Gasteiger partial charge in [0.05, 0.1) is 24.0 Å². The van der Waals surface area contributed by atoms with Gasteiger partial charge in [0.2, 0.25) is 0 Å². The first kappa shape index (κ1) is 19.7. The van der Waals surface area contributed by atoms with E-state index in [4.69, 9.17) is 10.1 Å². The fourth-order valence-corrected chi connectivity index (χ4v) is 4.47. The number of benzene rings is 2. The van der Waals surface area contributed by atoms with E-state index >= 15 is 0 Å². The Balaban J connectivity index is 1.77. The molecule has 5 rings (SSSR count). The molecule has 3 heterocycles. The Morgan fingerprint density at radius 1 is 1.03 bits per heavy atom. The molecule has 1 atom stereocenters. The lowest BCUT2D eigenvalue weighted by Gasteiger charge is -2.25. The molecule has 4 aromatic rings. The Kier molecular flexibility index (Phi) is 4.94. The van der Waals surface area contributed by atoms with Gasteiger partial charge in [-0.3, -0.25) is 0 Å². The van der Waals surface area contributed by atoms with E-state index in [1.165, 1.54) is 17.7 Å². The van der Waals surface area contributed by atoms with E-state index in [-0.39, 0.29) is 18.5 Å². The number of anilines is 1. The van der Waals surface area contributed by atoms with Crippen molar-refractivity contribution in [1.82, 2.24) is 14.6 Å². The Bertz CT molecular complexity index is 1230. The predicted molar refractivity (Wildman–Crippen MR) is 121 cm³/mol. The Morgan fingerprint density at radius 2 is 1.74 bits per heavy atom. The minimum atomic E-state index is -0.272. The van der Waals surface area contributed by atoms with Crippen LogP contribution in [-0.4, -0.2) is 38.9 Å². The summed E-state index contributed by atoms with van der Waals surface area (Å²) in [6, 6.07) is 16.9. The first-order valence-corrected chi connectivity index (χ1v) is 10.7. The molecule has 2 aromatic carbocycles. The van der Waals surface area contributed by atoms with E-state index in [1.807, 2.05) is 17.5 Å². The van der Waals surface area contributed by atoms with Crippen molar-refractivity contribution in [1.29, 1.82) is 0 Å². The standard InChI is InChI=1S/C25H25FN4O/c1-16-5-7-19(8-6-16)24-17(2)28-30-22(18-9-11-20(26)12-10-18)14-23(27-25(24)30)29-13-3-4-21(29)15-31/h5-12,14,21,31H,3-4,13,15H2,1-2H3. The summed E-state index contributed by atoms with van der Waals surface area (Å²) in [4.78, 5) is 7.19. The van der Waals surface area contributed by atoms with E-state index in [2.05, 4.69) is 36.1 Å². The Hall–Kier alpha value is -3.25. The molecule has 0 saturated carbocycles. The second-order valence-electron chi connectivity index (χ2n) is 8.24. The van der Waals surface area contributed by atoms with Crippen LogP contribution in [-0.2, 0) is 0 Å². The van der Waals surface area contributed by atoms with Crippen LogP contribution >= 0.6 is 0 Å². The molecule has 5 nitrogen and oxygen atoms in total. The molecule has 1 unspecified atom stereocenters. The van der Waals surface area contributed by atoms with Gasteiger partial charge in [0.15, 0.2) is 5.65 Å². The minimum Gasteiger partial charge on any atom is -0.394 e. The summed E-state index contributed by atoms with van der Waals surface area (Å²) in [5.41, 5.74) is 6.62. The molecule has 6 heteroatoms. The average Bonchev–Trinajstić information content (AvgIpc) is 3.38. The second kappa shape index (κ2) is 7.78. The minimum absolute atomic E-state index is 0.0582. The van der Waals surface area contributed by atoms with Crippen LogP contribution in [0.5, 0.6) is 0 Å². The maximum Gasteiger partial charge on any atom is 0.166 e. The van der Waals surface area contributed by atoms with Gasteiger partial charge in [-0.05, 0) is 56.5 Å². The number of hydrogen-bond acceptors (Lipinski definition) is 4. The number of aliphatic hydroxyl groups is 1. The summed E-state index contributed by atoms with van der Waals surface area (Å²) in [6.45, 7) is 5.01. The van der Waals surface area contributed by atoms with Crippen molar-refractivity contribution in [2.45, 2.75) is 32.7 Å². The molecule has 0 radical (unpaired) electrons.